The minimum Gasteiger partial charge on any atom is -0.325 e. The third-order valence-corrected chi connectivity index (χ3v) is 6.56. The number of amides is 1. The Morgan fingerprint density at radius 3 is 2.37 bits per heavy atom. The molecule has 1 saturated carbocycles. The Kier molecular flexibility index (Phi) is 5.92. The first-order valence-corrected chi connectivity index (χ1v) is 10.6. The molecular weight excluding hydrogens is 442 g/mol. The molecule has 1 aliphatic rings. The quantitative estimate of drug-likeness (QED) is 0.646. The number of rotatable bonds is 6. The minimum atomic E-state index is -4.37. The highest BCUT2D eigenvalue weighted by Crippen LogP contribution is 2.32. The Morgan fingerprint density at radius 2 is 1.78 bits per heavy atom. The summed E-state index contributed by atoms with van der Waals surface area (Å²) in [4.78, 5) is 11.9. The summed E-state index contributed by atoms with van der Waals surface area (Å²) in [6.45, 7) is 0. The number of sulfonamides is 1. The minimum absolute atomic E-state index is 0.182. The van der Waals surface area contributed by atoms with Crippen LogP contribution >= 0.6 is 15.9 Å². The zero-order chi connectivity index (χ0) is 19.6. The number of anilines is 1. The molecule has 2 aromatic carbocycles. The van der Waals surface area contributed by atoms with Crippen molar-refractivity contribution in [2.75, 3.05) is 5.32 Å². The number of nitrogens with one attached hydrogen (secondary N) is 2. The Hall–Kier alpha value is -1.84. The number of carbonyl (C=O) groups is 1. The monoisotopic (exact) mass is 458 g/mol. The van der Waals surface area contributed by atoms with E-state index >= 15 is 0 Å². The molecule has 1 amide bonds. The van der Waals surface area contributed by atoms with Crippen LogP contribution in [0.5, 0.6) is 0 Å². The van der Waals surface area contributed by atoms with Crippen molar-refractivity contribution in [3.05, 3.63) is 58.6 Å². The average Bonchev–Trinajstić information content (AvgIpc) is 2.56. The zero-order valence-electron chi connectivity index (χ0n) is 14.1. The number of carbonyl (C=O) groups excluding carboxylic acids is 1. The van der Waals surface area contributed by atoms with Crippen molar-refractivity contribution >= 4 is 37.5 Å². The number of hydrogen-bond acceptors (Lipinski definition) is 3. The van der Waals surface area contributed by atoms with Crippen molar-refractivity contribution in [2.24, 2.45) is 5.92 Å². The van der Waals surface area contributed by atoms with Gasteiger partial charge in [0.2, 0.25) is 15.9 Å². The van der Waals surface area contributed by atoms with E-state index in [1.807, 2.05) is 0 Å². The van der Waals surface area contributed by atoms with E-state index in [1.165, 1.54) is 0 Å². The van der Waals surface area contributed by atoms with E-state index in [1.54, 1.807) is 30.3 Å². The van der Waals surface area contributed by atoms with Crippen LogP contribution in [0, 0.1) is 17.6 Å². The van der Waals surface area contributed by atoms with Gasteiger partial charge in [-0.2, -0.15) is 4.72 Å². The Bertz CT molecular complexity index is 951. The van der Waals surface area contributed by atoms with Crippen LogP contribution in [0.15, 0.2) is 51.8 Å². The van der Waals surface area contributed by atoms with Crippen LogP contribution in [0.3, 0.4) is 0 Å². The van der Waals surface area contributed by atoms with Gasteiger partial charge in [-0.3, -0.25) is 4.79 Å². The van der Waals surface area contributed by atoms with Crippen molar-refractivity contribution in [3.63, 3.8) is 0 Å². The second kappa shape index (κ2) is 8.04. The predicted molar refractivity (Wildman–Crippen MR) is 101 cm³/mol. The molecule has 0 unspecified atom stereocenters. The van der Waals surface area contributed by atoms with E-state index in [4.69, 9.17) is 0 Å². The van der Waals surface area contributed by atoms with E-state index < -0.39 is 38.5 Å². The van der Waals surface area contributed by atoms with Crippen LogP contribution in [0.2, 0.25) is 0 Å². The molecule has 5 nitrogen and oxygen atoms in total. The summed E-state index contributed by atoms with van der Waals surface area (Å²) in [5.41, 5.74) is 0.529. The molecule has 1 fully saturated rings. The molecule has 2 N–H and O–H groups in total. The maximum absolute atomic E-state index is 14.0. The molecule has 27 heavy (non-hydrogen) atoms. The van der Waals surface area contributed by atoms with Gasteiger partial charge in [0.05, 0.1) is 4.47 Å². The summed E-state index contributed by atoms with van der Waals surface area (Å²) in [5.74, 6) is -2.84. The molecule has 1 atom stereocenters. The highest BCUT2D eigenvalue weighted by molar-refractivity contribution is 9.10. The molecule has 144 valence electrons. The van der Waals surface area contributed by atoms with E-state index in [2.05, 4.69) is 26.0 Å². The summed E-state index contributed by atoms with van der Waals surface area (Å²) in [7, 11) is -4.37. The lowest BCUT2D eigenvalue weighted by Gasteiger charge is -2.33. The molecule has 2 aromatic rings. The van der Waals surface area contributed by atoms with Gasteiger partial charge in [0.25, 0.3) is 0 Å². The lowest BCUT2D eigenvalue weighted by atomic mass is 9.80. The Balaban J connectivity index is 1.86. The first kappa shape index (κ1) is 19.9. The molecule has 0 aromatic heterocycles. The lowest BCUT2D eigenvalue weighted by molar-refractivity contribution is -0.119. The molecule has 0 saturated heterocycles. The summed E-state index contributed by atoms with van der Waals surface area (Å²) in [6.07, 6.45) is 2.26. The van der Waals surface area contributed by atoms with Gasteiger partial charge >= 0.3 is 0 Å². The first-order chi connectivity index (χ1) is 12.8. The molecule has 3 rings (SSSR count). The fourth-order valence-corrected chi connectivity index (χ4v) is 4.66. The van der Waals surface area contributed by atoms with Crippen LogP contribution in [0.1, 0.15) is 19.3 Å². The van der Waals surface area contributed by atoms with Crippen molar-refractivity contribution in [3.8, 4) is 0 Å². The maximum Gasteiger partial charge on any atom is 0.244 e. The van der Waals surface area contributed by atoms with Crippen LogP contribution < -0.4 is 10.0 Å². The van der Waals surface area contributed by atoms with Gasteiger partial charge in [-0.25, -0.2) is 17.2 Å². The third-order valence-electron chi connectivity index (χ3n) is 4.49. The summed E-state index contributed by atoms with van der Waals surface area (Å²) >= 11 is 2.85. The van der Waals surface area contributed by atoms with E-state index in [0.717, 1.165) is 12.5 Å². The second-order valence-electron chi connectivity index (χ2n) is 6.34. The van der Waals surface area contributed by atoms with E-state index in [0.29, 0.717) is 24.6 Å². The number of para-hydroxylation sites is 1. The van der Waals surface area contributed by atoms with Crippen molar-refractivity contribution in [1.82, 2.24) is 4.72 Å². The van der Waals surface area contributed by atoms with E-state index in [9.17, 15) is 22.0 Å². The van der Waals surface area contributed by atoms with Gasteiger partial charge in [-0.05, 0) is 52.9 Å². The van der Waals surface area contributed by atoms with Crippen molar-refractivity contribution in [2.45, 2.75) is 30.2 Å². The molecule has 0 heterocycles. The van der Waals surface area contributed by atoms with Gasteiger partial charge in [-0.15, -0.1) is 0 Å². The molecule has 0 aliphatic heterocycles. The van der Waals surface area contributed by atoms with Crippen LogP contribution in [0.25, 0.3) is 0 Å². The zero-order valence-corrected chi connectivity index (χ0v) is 16.5. The molecule has 0 spiro atoms. The summed E-state index contributed by atoms with van der Waals surface area (Å²) in [6, 6.07) is 8.92. The molecule has 9 heteroatoms. The van der Waals surface area contributed by atoms with Crippen LogP contribution in [-0.2, 0) is 14.8 Å². The van der Waals surface area contributed by atoms with Gasteiger partial charge < -0.3 is 5.32 Å². The smallest absolute Gasteiger partial charge is 0.244 e. The molecule has 1 aliphatic carbocycles. The highest BCUT2D eigenvalue weighted by atomic mass is 79.9. The van der Waals surface area contributed by atoms with Gasteiger partial charge in [0.1, 0.15) is 22.6 Å². The Labute approximate surface area is 164 Å². The van der Waals surface area contributed by atoms with Crippen molar-refractivity contribution < 1.29 is 22.0 Å². The second-order valence-corrected chi connectivity index (χ2v) is 8.88. The van der Waals surface area contributed by atoms with Gasteiger partial charge in [-0.1, -0.05) is 24.6 Å². The van der Waals surface area contributed by atoms with Crippen LogP contribution in [0.4, 0.5) is 14.5 Å². The van der Waals surface area contributed by atoms with E-state index in [-0.39, 0.29) is 10.4 Å². The highest BCUT2D eigenvalue weighted by Gasteiger charge is 2.37. The first-order valence-electron chi connectivity index (χ1n) is 8.31. The largest absolute Gasteiger partial charge is 0.325 e. The fourth-order valence-electron chi connectivity index (χ4n) is 2.82. The lowest BCUT2D eigenvalue weighted by Crippen LogP contribution is -2.50. The number of hydrogen-bond donors (Lipinski definition) is 2. The predicted octanol–water partition coefficient (Wildman–Crippen LogP) is 3.81. The fraction of sp³-hybridized carbons (Fsp3) is 0.278. The van der Waals surface area contributed by atoms with Crippen molar-refractivity contribution in [1.29, 1.82) is 0 Å². The topological polar surface area (TPSA) is 75.3 Å². The summed E-state index contributed by atoms with van der Waals surface area (Å²) in [5, 5.41) is 2.67. The van der Waals surface area contributed by atoms with Gasteiger partial charge in [0, 0.05) is 11.8 Å². The molecular formula is C18H17BrF2N2O3S. The normalized spacial score (nSPS) is 15.8. The SMILES string of the molecule is O=C(Nc1ccccc1)[C@H](NS(=O)(=O)c1cc(Br)c(F)cc1F)C1CCC1. The van der Waals surface area contributed by atoms with Crippen LogP contribution in [-0.4, -0.2) is 20.4 Å². The molecule has 0 bridgehead atoms. The third kappa shape index (κ3) is 4.53. The number of halogens is 3. The number of benzene rings is 2. The average molecular weight is 459 g/mol. The van der Waals surface area contributed by atoms with Gasteiger partial charge in [0.15, 0.2) is 0 Å². The standard InChI is InChI=1S/C18H17BrF2N2O3S/c19-13-9-16(15(21)10-14(13)20)27(25,26)23-17(11-5-4-6-11)18(24)22-12-7-2-1-3-8-12/h1-3,7-11,17,23H,4-6H2,(H,22,24)/t17-/m1/s1. The Morgan fingerprint density at radius 1 is 1.11 bits per heavy atom. The molecule has 0 radical (unpaired) electrons. The summed E-state index contributed by atoms with van der Waals surface area (Å²) < 4.78 is 54.9. The maximum atomic E-state index is 14.0.